The van der Waals surface area contributed by atoms with Gasteiger partial charge in [0.1, 0.15) is 6.17 Å². The predicted octanol–water partition coefficient (Wildman–Crippen LogP) is 1.59. The average molecular weight is 345 g/mol. The highest BCUT2D eigenvalue weighted by Gasteiger charge is 2.23. The van der Waals surface area contributed by atoms with Gasteiger partial charge in [-0.05, 0) is 13.8 Å². The van der Waals surface area contributed by atoms with Crippen LogP contribution < -0.4 is 15.0 Å². The Morgan fingerprint density at radius 3 is 2.57 bits per heavy atom. The summed E-state index contributed by atoms with van der Waals surface area (Å²) < 4.78 is 20.6. The maximum absolute atomic E-state index is 13.7. The summed E-state index contributed by atoms with van der Waals surface area (Å²) in [6.07, 6.45) is 0.631. The highest BCUT2D eigenvalue weighted by molar-refractivity contribution is 5.85. The fraction of sp³-hybridized carbons (Fsp3) is 0.643. The second-order valence-corrected chi connectivity index (χ2v) is 5.51. The number of rotatable bonds is 4. The Kier molecular flexibility index (Phi) is 5.59. The molecule has 3 rings (SSSR count). The molecule has 0 radical (unpaired) electrons. The van der Waals surface area contributed by atoms with E-state index in [1.54, 1.807) is 10.9 Å². The fourth-order valence-electron chi connectivity index (χ4n) is 2.59. The van der Waals surface area contributed by atoms with Crippen molar-refractivity contribution in [2.75, 3.05) is 38.2 Å². The van der Waals surface area contributed by atoms with Gasteiger partial charge >= 0.3 is 6.01 Å². The Morgan fingerprint density at radius 1 is 1.26 bits per heavy atom. The van der Waals surface area contributed by atoms with Gasteiger partial charge in [-0.1, -0.05) is 0 Å². The number of halogens is 2. The van der Waals surface area contributed by atoms with Crippen molar-refractivity contribution in [3.63, 3.8) is 0 Å². The zero-order valence-corrected chi connectivity index (χ0v) is 14.3. The molecule has 0 saturated carbocycles. The first-order chi connectivity index (χ1) is 10.6. The number of hydrogen-bond donors (Lipinski definition) is 1. The van der Waals surface area contributed by atoms with Crippen LogP contribution in [0.15, 0.2) is 6.33 Å². The van der Waals surface area contributed by atoms with Crippen LogP contribution in [-0.4, -0.2) is 59.0 Å². The molecular weight excluding hydrogens is 323 g/mol. The van der Waals surface area contributed by atoms with Crippen LogP contribution in [0.2, 0.25) is 0 Å². The summed E-state index contributed by atoms with van der Waals surface area (Å²) in [7, 11) is 1.53. The predicted molar refractivity (Wildman–Crippen MR) is 89.5 cm³/mol. The molecule has 2 atom stereocenters. The van der Waals surface area contributed by atoms with Crippen molar-refractivity contribution in [1.82, 2.24) is 24.8 Å². The third-order valence-corrected chi connectivity index (χ3v) is 4.09. The molecule has 7 nitrogen and oxygen atoms in total. The van der Waals surface area contributed by atoms with Gasteiger partial charge in [0.15, 0.2) is 17.0 Å². The molecule has 1 aliphatic rings. The van der Waals surface area contributed by atoms with Gasteiger partial charge in [-0.2, -0.15) is 9.97 Å². The molecule has 2 aromatic rings. The topological polar surface area (TPSA) is 68.1 Å². The van der Waals surface area contributed by atoms with Crippen LogP contribution in [0, 0.1) is 0 Å². The maximum Gasteiger partial charge on any atom is 0.320 e. The van der Waals surface area contributed by atoms with Crippen molar-refractivity contribution in [1.29, 1.82) is 0 Å². The van der Waals surface area contributed by atoms with Crippen LogP contribution in [0.3, 0.4) is 0 Å². The summed E-state index contributed by atoms with van der Waals surface area (Å²) in [6, 6.07) is -0.0676. The number of fused-ring (bicyclic) bond motifs is 1. The quantitative estimate of drug-likeness (QED) is 0.908. The van der Waals surface area contributed by atoms with E-state index in [4.69, 9.17) is 4.74 Å². The summed E-state index contributed by atoms with van der Waals surface area (Å²) in [4.78, 5) is 15.4. The third-order valence-electron chi connectivity index (χ3n) is 4.09. The number of ether oxygens (including phenoxy) is 1. The smallest absolute Gasteiger partial charge is 0.320 e. The molecule has 0 bridgehead atoms. The summed E-state index contributed by atoms with van der Waals surface area (Å²) >= 11 is 0. The minimum absolute atomic E-state index is 0. The second kappa shape index (κ2) is 7.27. The van der Waals surface area contributed by atoms with E-state index < -0.39 is 6.17 Å². The molecule has 23 heavy (non-hydrogen) atoms. The van der Waals surface area contributed by atoms with Crippen LogP contribution in [0.5, 0.6) is 6.01 Å². The molecule has 3 heterocycles. The van der Waals surface area contributed by atoms with Crippen LogP contribution in [-0.2, 0) is 0 Å². The van der Waals surface area contributed by atoms with E-state index in [0.29, 0.717) is 11.2 Å². The summed E-state index contributed by atoms with van der Waals surface area (Å²) in [5, 5.41) is 3.31. The molecule has 1 saturated heterocycles. The highest BCUT2D eigenvalue weighted by Crippen LogP contribution is 2.28. The number of methoxy groups -OCH3 is 1. The van der Waals surface area contributed by atoms with Crippen molar-refractivity contribution < 1.29 is 9.13 Å². The molecule has 0 spiro atoms. The molecule has 9 heteroatoms. The lowest BCUT2D eigenvalue weighted by Gasteiger charge is -2.28. The minimum Gasteiger partial charge on any atom is -0.467 e. The lowest BCUT2D eigenvalue weighted by atomic mass is 10.2. The lowest BCUT2D eigenvalue weighted by Crippen LogP contribution is -2.44. The van der Waals surface area contributed by atoms with Gasteiger partial charge in [-0.3, -0.25) is 0 Å². The monoisotopic (exact) mass is 344 g/mol. The molecule has 2 aromatic heterocycles. The van der Waals surface area contributed by atoms with E-state index in [-0.39, 0.29) is 24.5 Å². The first-order valence-electron chi connectivity index (χ1n) is 7.50. The second-order valence-electron chi connectivity index (χ2n) is 5.51. The normalized spacial score (nSPS) is 17.7. The van der Waals surface area contributed by atoms with Crippen molar-refractivity contribution in [2.24, 2.45) is 0 Å². The Hall–Kier alpha value is -1.67. The molecule has 0 amide bonds. The SMILES string of the molecule is COc1nc(N2CCNCC2)c2ncn(C(C)C(C)F)c2n1.Cl. The Labute approximate surface area is 140 Å². The van der Waals surface area contributed by atoms with Gasteiger partial charge in [-0.15, -0.1) is 12.4 Å². The van der Waals surface area contributed by atoms with Crippen molar-refractivity contribution in [3.05, 3.63) is 6.33 Å². The fourth-order valence-corrected chi connectivity index (χ4v) is 2.59. The first-order valence-corrected chi connectivity index (χ1v) is 7.50. The third kappa shape index (κ3) is 3.32. The number of nitrogens with zero attached hydrogens (tertiary/aromatic N) is 5. The van der Waals surface area contributed by atoms with E-state index in [9.17, 15) is 4.39 Å². The van der Waals surface area contributed by atoms with Gasteiger partial charge in [0.2, 0.25) is 0 Å². The van der Waals surface area contributed by atoms with Crippen LogP contribution >= 0.6 is 12.4 Å². The first kappa shape index (κ1) is 17.7. The van der Waals surface area contributed by atoms with Crippen LogP contribution in [0.25, 0.3) is 11.2 Å². The Bertz CT molecular complexity index is 658. The number of hydrogen-bond acceptors (Lipinski definition) is 6. The summed E-state index contributed by atoms with van der Waals surface area (Å²) in [6.45, 7) is 6.82. The number of anilines is 1. The molecule has 1 N–H and O–H groups in total. The zero-order chi connectivity index (χ0) is 15.7. The van der Waals surface area contributed by atoms with Crippen molar-refractivity contribution in [3.8, 4) is 6.01 Å². The largest absolute Gasteiger partial charge is 0.467 e. The molecule has 1 aliphatic heterocycles. The molecule has 1 fully saturated rings. The van der Waals surface area contributed by atoms with E-state index in [2.05, 4.69) is 25.2 Å². The molecule has 2 unspecified atom stereocenters. The van der Waals surface area contributed by atoms with E-state index >= 15 is 0 Å². The summed E-state index contributed by atoms with van der Waals surface area (Å²) in [5.74, 6) is 0.751. The number of aromatic nitrogens is 4. The number of nitrogens with one attached hydrogen (secondary N) is 1. The number of imidazole rings is 1. The standard InChI is InChI=1S/C14H21FN6O.ClH/c1-9(15)10(2)21-8-17-11-12(20-6-4-16-5-7-20)18-14(22-3)19-13(11)21;/h8-10,16H,4-7H2,1-3H3;1H. The van der Waals surface area contributed by atoms with Crippen molar-refractivity contribution in [2.45, 2.75) is 26.1 Å². The Morgan fingerprint density at radius 2 is 1.96 bits per heavy atom. The Balaban J connectivity index is 0.00000192. The van der Waals surface area contributed by atoms with Crippen LogP contribution in [0.1, 0.15) is 19.9 Å². The number of piperazine rings is 1. The van der Waals surface area contributed by atoms with Gasteiger partial charge < -0.3 is 19.5 Å². The summed E-state index contributed by atoms with van der Waals surface area (Å²) in [5.41, 5.74) is 1.30. The maximum atomic E-state index is 13.7. The van der Waals surface area contributed by atoms with Gasteiger partial charge in [0.25, 0.3) is 0 Å². The van der Waals surface area contributed by atoms with Gasteiger partial charge in [-0.25, -0.2) is 9.37 Å². The molecular formula is C14H22ClFN6O. The molecule has 0 aliphatic carbocycles. The van der Waals surface area contributed by atoms with Gasteiger partial charge in [0.05, 0.1) is 19.5 Å². The van der Waals surface area contributed by atoms with E-state index in [0.717, 1.165) is 32.0 Å². The minimum atomic E-state index is -0.999. The molecule has 0 aromatic carbocycles. The molecule has 128 valence electrons. The van der Waals surface area contributed by atoms with E-state index in [1.807, 2.05) is 6.92 Å². The van der Waals surface area contributed by atoms with E-state index in [1.165, 1.54) is 14.0 Å². The van der Waals surface area contributed by atoms with Crippen molar-refractivity contribution >= 4 is 29.4 Å². The zero-order valence-electron chi connectivity index (χ0n) is 13.5. The highest BCUT2D eigenvalue weighted by atomic mass is 35.5. The van der Waals surface area contributed by atoms with Crippen LogP contribution in [0.4, 0.5) is 10.2 Å². The van der Waals surface area contributed by atoms with Gasteiger partial charge in [0, 0.05) is 26.2 Å². The lowest BCUT2D eigenvalue weighted by molar-refractivity contribution is 0.267. The average Bonchev–Trinajstić information content (AvgIpc) is 2.97. The number of alkyl halides is 1.